The molecule has 2 aromatic heterocycles. The van der Waals surface area contributed by atoms with Gasteiger partial charge in [0.25, 0.3) is 0 Å². The minimum absolute atomic E-state index is 0.139. The predicted molar refractivity (Wildman–Crippen MR) is 99.0 cm³/mol. The van der Waals surface area contributed by atoms with E-state index in [9.17, 15) is 9.18 Å². The van der Waals surface area contributed by atoms with Gasteiger partial charge in [0.2, 0.25) is 5.91 Å². The first kappa shape index (κ1) is 18.1. The van der Waals surface area contributed by atoms with Gasteiger partial charge in [-0.1, -0.05) is 0 Å². The topological polar surface area (TPSA) is 69.0 Å². The fourth-order valence-electron chi connectivity index (χ4n) is 2.58. The van der Waals surface area contributed by atoms with Crippen LogP contribution in [0.25, 0.3) is 11.3 Å². The predicted octanol–water partition coefficient (Wildman–Crippen LogP) is 3.80. The van der Waals surface area contributed by atoms with Crippen molar-refractivity contribution in [3.63, 3.8) is 0 Å². The van der Waals surface area contributed by atoms with Gasteiger partial charge in [-0.25, -0.2) is 9.37 Å². The molecule has 26 heavy (non-hydrogen) atoms. The second kappa shape index (κ2) is 7.65. The summed E-state index contributed by atoms with van der Waals surface area (Å²) >= 11 is 1.30. The molecule has 0 aliphatic carbocycles. The maximum Gasteiger partial charge on any atom is 0.228 e. The lowest BCUT2D eigenvalue weighted by atomic mass is 10.1. The monoisotopic (exact) mass is 374 g/mol. The first-order chi connectivity index (χ1) is 12.5. The number of aryl methyl sites for hydroxylation is 3. The van der Waals surface area contributed by atoms with Crippen LogP contribution in [0.4, 0.5) is 9.52 Å². The van der Waals surface area contributed by atoms with Crippen molar-refractivity contribution in [1.82, 2.24) is 14.8 Å². The van der Waals surface area contributed by atoms with E-state index in [4.69, 9.17) is 4.74 Å². The number of anilines is 1. The highest BCUT2D eigenvalue weighted by Gasteiger charge is 2.11. The number of nitrogens with one attached hydrogen (secondary N) is 1. The fourth-order valence-corrected chi connectivity index (χ4v) is 3.32. The molecule has 136 valence electrons. The maximum atomic E-state index is 13.8. The van der Waals surface area contributed by atoms with Crippen molar-refractivity contribution in [3.8, 4) is 17.0 Å². The lowest BCUT2D eigenvalue weighted by molar-refractivity contribution is -0.116. The highest BCUT2D eigenvalue weighted by molar-refractivity contribution is 7.14. The Hall–Kier alpha value is -2.74. The SMILES string of the molecule is COc1ccc(-c2csc(NC(=O)CCn3nc(C)cc3C)n2)cc1F. The molecule has 0 spiro atoms. The third kappa shape index (κ3) is 4.08. The Bertz CT molecular complexity index is 935. The number of ether oxygens (including phenoxy) is 1. The second-order valence-corrected chi connectivity index (χ2v) is 6.69. The molecule has 3 rings (SSSR count). The minimum atomic E-state index is -0.450. The van der Waals surface area contributed by atoms with Gasteiger partial charge in [-0.2, -0.15) is 5.10 Å². The van der Waals surface area contributed by atoms with Crippen molar-refractivity contribution in [2.24, 2.45) is 0 Å². The van der Waals surface area contributed by atoms with E-state index in [1.165, 1.54) is 24.5 Å². The molecular formula is C18H19FN4O2S. The molecule has 6 nitrogen and oxygen atoms in total. The van der Waals surface area contributed by atoms with Crippen molar-refractivity contribution >= 4 is 22.4 Å². The number of carbonyl (C=O) groups excluding carboxylic acids is 1. The minimum Gasteiger partial charge on any atom is -0.494 e. The zero-order valence-corrected chi connectivity index (χ0v) is 15.6. The molecule has 0 aliphatic heterocycles. The summed E-state index contributed by atoms with van der Waals surface area (Å²) in [4.78, 5) is 16.5. The summed E-state index contributed by atoms with van der Waals surface area (Å²) in [7, 11) is 1.42. The van der Waals surface area contributed by atoms with E-state index in [0.29, 0.717) is 29.4 Å². The van der Waals surface area contributed by atoms with E-state index < -0.39 is 5.82 Å². The molecule has 1 aromatic carbocycles. The molecular weight excluding hydrogens is 355 g/mol. The molecule has 2 heterocycles. The van der Waals surface area contributed by atoms with Gasteiger partial charge < -0.3 is 10.1 Å². The van der Waals surface area contributed by atoms with E-state index >= 15 is 0 Å². The van der Waals surface area contributed by atoms with Gasteiger partial charge in [0.15, 0.2) is 16.7 Å². The summed E-state index contributed by atoms with van der Waals surface area (Å²) in [5.74, 6) is -0.408. The van der Waals surface area contributed by atoms with Gasteiger partial charge >= 0.3 is 0 Å². The Morgan fingerprint density at radius 2 is 2.15 bits per heavy atom. The summed E-state index contributed by atoms with van der Waals surface area (Å²) in [6.07, 6.45) is 0.300. The summed E-state index contributed by atoms with van der Waals surface area (Å²) in [5, 5.41) is 9.36. The zero-order valence-electron chi connectivity index (χ0n) is 14.7. The van der Waals surface area contributed by atoms with Crippen LogP contribution in [0.5, 0.6) is 5.75 Å². The average Bonchev–Trinajstić information content (AvgIpc) is 3.19. The number of aromatic nitrogens is 3. The van der Waals surface area contributed by atoms with E-state index in [1.54, 1.807) is 17.5 Å². The number of hydrogen-bond donors (Lipinski definition) is 1. The van der Waals surface area contributed by atoms with Crippen molar-refractivity contribution < 1.29 is 13.9 Å². The first-order valence-electron chi connectivity index (χ1n) is 8.06. The van der Waals surface area contributed by atoms with Crippen LogP contribution in [0.2, 0.25) is 0 Å². The van der Waals surface area contributed by atoms with Crippen molar-refractivity contribution in [2.75, 3.05) is 12.4 Å². The smallest absolute Gasteiger partial charge is 0.228 e. The van der Waals surface area contributed by atoms with Gasteiger partial charge in [-0.05, 0) is 38.1 Å². The van der Waals surface area contributed by atoms with E-state index in [0.717, 1.165) is 11.4 Å². The Labute approximate surface area is 154 Å². The number of thiazole rings is 1. The van der Waals surface area contributed by atoms with Crippen LogP contribution < -0.4 is 10.1 Å². The lowest BCUT2D eigenvalue weighted by Gasteiger charge is -2.04. The number of nitrogens with zero attached hydrogens (tertiary/aromatic N) is 3. The van der Waals surface area contributed by atoms with Gasteiger partial charge in [-0.3, -0.25) is 9.48 Å². The number of methoxy groups -OCH3 is 1. The van der Waals surface area contributed by atoms with Crippen LogP contribution in [0.1, 0.15) is 17.8 Å². The number of amides is 1. The van der Waals surface area contributed by atoms with Gasteiger partial charge in [-0.15, -0.1) is 11.3 Å². The van der Waals surface area contributed by atoms with Crippen LogP contribution in [0, 0.1) is 19.7 Å². The number of benzene rings is 1. The maximum absolute atomic E-state index is 13.8. The summed E-state index contributed by atoms with van der Waals surface area (Å²) in [6.45, 7) is 4.38. The first-order valence-corrected chi connectivity index (χ1v) is 8.94. The lowest BCUT2D eigenvalue weighted by Crippen LogP contribution is -2.15. The molecule has 1 amide bonds. The Morgan fingerprint density at radius 1 is 1.35 bits per heavy atom. The molecule has 8 heteroatoms. The van der Waals surface area contributed by atoms with E-state index in [2.05, 4.69) is 15.4 Å². The molecule has 0 saturated heterocycles. The Morgan fingerprint density at radius 3 is 2.81 bits per heavy atom. The third-order valence-corrected chi connectivity index (χ3v) is 4.61. The van der Waals surface area contributed by atoms with E-state index in [-0.39, 0.29) is 11.7 Å². The highest BCUT2D eigenvalue weighted by atomic mass is 32.1. The third-order valence-electron chi connectivity index (χ3n) is 3.85. The number of hydrogen-bond acceptors (Lipinski definition) is 5. The highest BCUT2D eigenvalue weighted by Crippen LogP contribution is 2.28. The molecule has 3 aromatic rings. The van der Waals surface area contributed by atoms with Gasteiger partial charge in [0.1, 0.15) is 0 Å². The largest absolute Gasteiger partial charge is 0.494 e. The molecule has 0 bridgehead atoms. The van der Waals surface area contributed by atoms with E-state index in [1.807, 2.05) is 24.6 Å². The van der Waals surface area contributed by atoms with Crippen LogP contribution >= 0.6 is 11.3 Å². The molecule has 0 radical (unpaired) electrons. The summed E-state index contributed by atoms with van der Waals surface area (Å²) < 4.78 is 20.5. The van der Waals surface area contributed by atoms with Crippen molar-refractivity contribution in [2.45, 2.75) is 26.8 Å². The molecule has 0 saturated carbocycles. The van der Waals surface area contributed by atoms with Crippen LogP contribution in [-0.2, 0) is 11.3 Å². The molecule has 1 N–H and O–H groups in total. The van der Waals surface area contributed by atoms with Gasteiger partial charge in [0.05, 0.1) is 18.5 Å². The molecule has 0 fully saturated rings. The normalized spacial score (nSPS) is 10.8. The zero-order chi connectivity index (χ0) is 18.7. The molecule has 0 aliphatic rings. The standard InChI is InChI=1S/C18H19FN4O2S/c1-11-8-12(2)23(22-11)7-6-17(24)21-18-20-15(10-26-18)13-4-5-16(25-3)14(19)9-13/h4-5,8-10H,6-7H2,1-3H3,(H,20,21,24). The van der Waals surface area contributed by atoms with Crippen molar-refractivity contribution in [1.29, 1.82) is 0 Å². The quantitative estimate of drug-likeness (QED) is 0.713. The molecule has 0 unspecified atom stereocenters. The fraction of sp³-hybridized carbons (Fsp3) is 0.278. The summed E-state index contributed by atoms with van der Waals surface area (Å²) in [5.41, 5.74) is 3.18. The molecule has 0 atom stereocenters. The second-order valence-electron chi connectivity index (χ2n) is 5.84. The average molecular weight is 374 g/mol. The van der Waals surface area contributed by atoms with Crippen LogP contribution in [0.15, 0.2) is 29.6 Å². The van der Waals surface area contributed by atoms with Crippen molar-refractivity contribution in [3.05, 3.63) is 46.9 Å². The Balaban J connectivity index is 1.62. The number of rotatable bonds is 6. The van der Waals surface area contributed by atoms with Crippen LogP contribution in [0.3, 0.4) is 0 Å². The number of carbonyl (C=O) groups is 1. The Kier molecular flexibility index (Phi) is 5.32. The summed E-state index contributed by atoms with van der Waals surface area (Å²) in [6, 6.07) is 6.61. The van der Waals surface area contributed by atoms with Crippen LogP contribution in [-0.4, -0.2) is 27.8 Å². The van der Waals surface area contributed by atoms with Gasteiger partial charge in [0, 0.05) is 29.6 Å². The number of halogens is 1.